The number of hydrogen-bond donors (Lipinski definition) is 2. The molecule has 36 heavy (non-hydrogen) atoms. The lowest BCUT2D eigenvalue weighted by molar-refractivity contribution is -0.122. The maximum Gasteiger partial charge on any atom is 0.243 e. The predicted molar refractivity (Wildman–Crippen MR) is 138 cm³/mol. The van der Waals surface area contributed by atoms with Gasteiger partial charge in [-0.3, -0.25) is 9.59 Å². The molecule has 0 radical (unpaired) electrons. The highest BCUT2D eigenvalue weighted by molar-refractivity contribution is 7.89. The third-order valence-electron chi connectivity index (χ3n) is 6.63. The summed E-state index contributed by atoms with van der Waals surface area (Å²) >= 11 is 0. The van der Waals surface area contributed by atoms with Gasteiger partial charge in [-0.05, 0) is 55.7 Å². The van der Waals surface area contributed by atoms with Crippen molar-refractivity contribution < 1.29 is 22.7 Å². The van der Waals surface area contributed by atoms with Gasteiger partial charge in [0, 0.05) is 56.4 Å². The average Bonchev–Trinajstić information content (AvgIpc) is 2.95. The Morgan fingerprint density at radius 3 is 2.39 bits per heavy atom. The van der Waals surface area contributed by atoms with E-state index >= 15 is 0 Å². The maximum absolute atomic E-state index is 13.1. The molecule has 2 N–H and O–H groups in total. The standard InChI is InChI=1S/C26H34N4O5S/c31-25-13-16-30(36(33,34)24-6-2-1-3-7-24)15-4-5-21(12-14-27-25)26(32)28-22-8-10-23(11-9-22)29-17-19-35-20-18-29/h1-3,6-11,21H,4-5,12-20H2,(H,27,31)(H,28,32). The Morgan fingerprint density at radius 2 is 1.67 bits per heavy atom. The first-order valence-electron chi connectivity index (χ1n) is 12.5. The first-order chi connectivity index (χ1) is 17.4. The van der Waals surface area contributed by atoms with Crippen LogP contribution in [0.1, 0.15) is 25.7 Å². The van der Waals surface area contributed by atoms with E-state index in [1.807, 2.05) is 24.3 Å². The zero-order valence-electron chi connectivity index (χ0n) is 20.4. The van der Waals surface area contributed by atoms with E-state index in [-0.39, 0.29) is 42.1 Å². The number of benzene rings is 2. The second kappa shape index (κ2) is 12.3. The first kappa shape index (κ1) is 26.1. The fraction of sp³-hybridized carbons (Fsp3) is 0.462. The molecule has 4 rings (SSSR count). The molecule has 2 aromatic carbocycles. The summed E-state index contributed by atoms with van der Waals surface area (Å²) in [4.78, 5) is 27.9. The molecule has 2 saturated heterocycles. The van der Waals surface area contributed by atoms with Crippen molar-refractivity contribution in [3.8, 4) is 0 Å². The third kappa shape index (κ3) is 6.83. The molecule has 0 saturated carbocycles. The number of amides is 2. The van der Waals surface area contributed by atoms with Crippen LogP contribution in [0.15, 0.2) is 59.5 Å². The Labute approximate surface area is 212 Å². The van der Waals surface area contributed by atoms with Crippen molar-refractivity contribution >= 4 is 33.2 Å². The molecule has 2 fully saturated rings. The Kier molecular flexibility index (Phi) is 8.95. The normalized spacial score (nSPS) is 20.7. The molecule has 10 heteroatoms. The number of anilines is 2. The second-order valence-electron chi connectivity index (χ2n) is 9.08. The summed E-state index contributed by atoms with van der Waals surface area (Å²) in [6, 6.07) is 16.0. The van der Waals surface area contributed by atoms with Crippen LogP contribution in [0.5, 0.6) is 0 Å². The minimum Gasteiger partial charge on any atom is -0.378 e. The number of rotatable bonds is 5. The number of sulfonamides is 1. The van der Waals surface area contributed by atoms with Gasteiger partial charge in [0.25, 0.3) is 0 Å². The highest BCUT2D eigenvalue weighted by Gasteiger charge is 2.27. The molecular weight excluding hydrogens is 480 g/mol. The Hall–Kier alpha value is -2.95. The van der Waals surface area contributed by atoms with E-state index in [9.17, 15) is 18.0 Å². The van der Waals surface area contributed by atoms with Gasteiger partial charge in [-0.1, -0.05) is 18.2 Å². The first-order valence-corrected chi connectivity index (χ1v) is 13.9. The van der Waals surface area contributed by atoms with E-state index in [0.717, 1.165) is 18.8 Å². The molecule has 0 bridgehead atoms. The van der Waals surface area contributed by atoms with E-state index in [4.69, 9.17) is 4.74 Å². The molecule has 194 valence electrons. The molecule has 9 nitrogen and oxygen atoms in total. The van der Waals surface area contributed by atoms with Gasteiger partial charge in [0.1, 0.15) is 0 Å². The van der Waals surface area contributed by atoms with Crippen molar-refractivity contribution in [3.63, 3.8) is 0 Å². The van der Waals surface area contributed by atoms with Crippen LogP contribution in [0.2, 0.25) is 0 Å². The summed E-state index contributed by atoms with van der Waals surface area (Å²) in [6.45, 7) is 3.84. The second-order valence-corrected chi connectivity index (χ2v) is 11.0. The van der Waals surface area contributed by atoms with Gasteiger partial charge >= 0.3 is 0 Å². The van der Waals surface area contributed by atoms with Crippen molar-refractivity contribution in [1.82, 2.24) is 9.62 Å². The van der Waals surface area contributed by atoms with Crippen molar-refractivity contribution in [3.05, 3.63) is 54.6 Å². The summed E-state index contributed by atoms with van der Waals surface area (Å²) in [7, 11) is -3.72. The maximum atomic E-state index is 13.1. The fourth-order valence-corrected chi connectivity index (χ4v) is 6.04. The zero-order valence-corrected chi connectivity index (χ0v) is 21.2. The summed E-state index contributed by atoms with van der Waals surface area (Å²) in [6.07, 6.45) is 1.62. The number of morpholine rings is 1. The summed E-state index contributed by atoms with van der Waals surface area (Å²) in [5.41, 5.74) is 1.80. The van der Waals surface area contributed by atoms with Crippen molar-refractivity contribution in [2.45, 2.75) is 30.6 Å². The molecular formula is C26H34N4O5S. The third-order valence-corrected chi connectivity index (χ3v) is 8.54. The van der Waals surface area contributed by atoms with Gasteiger partial charge in [0.05, 0.1) is 18.1 Å². The van der Waals surface area contributed by atoms with Gasteiger partial charge in [-0.2, -0.15) is 4.31 Å². The zero-order chi connectivity index (χ0) is 25.4. The number of hydrogen-bond acceptors (Lipinski definition) is 6. The number of ether oxygens (including phenoxy) is 1. The molecule has 2 heterocycles. The van der Waals surface area contributed by atoms with Crippen LogP contribution >= 0.6 is 0 Å². The highest BCUT2D eigenvalue weighted by atomic mass is 32.2. The molecule has 2 aromatic rings. The van der Waals surface area contributed by atoms with Gasteiger partial charge in [-0.15, -0.1) is 0 Å². The Balaban J connectivity index is 1.39. The lowest BCUT2D eigenvalue weighted by Gasteiger charge is -2.29. The summed E-state index contributed by atoms with van der Waals surface area (Å²) in [5.74, 6) is -0.688. The topological polar surface area (TPSA) is 108 Å². The van der Waals surface area contributed by atoms with Crippen LogP contribution in [-0.4, -0.2) is 70.5 Å². The van der Waals surface area contributed by atoms with E-state index < -0.39 is 10.0 Å². The number of carbonyl (C=O) groups is 2. The van der Waals surface area contributed by atoms with Gasteiger partial charge < -0.3 is 20.3 Å². The van der Waals surface area contributed by atoms with E-state index in [1.165, 1.54) is 4.31 Å². The van der Waals surface area contributed by atoms with Gasteiger partial charge in [-0.25, -0.2) is 8.42 Å². The lowest BCUT2D eigenvalue weighted by atomic mass is 9.98. The average molecular weight is 515 g/mol. The van der Waals surface area contributed by atoms with E-state index in [0.29, 0.717) is 44.7 Å². The highest BCUT2D eigenvalue weighted by Crippen LogP contribution is 2.22. The van der Waals surface area contributed by atoms with Gasteiger partial charge in [0.15, 0.2) is 0 Å². The molecule has 0 spiro atoms. The summed E-state index contributed by atoms with van der Waals surface area (Å²) < 4.78 is 33.0. The van der Waals surface area contributed by atoms with Crippen LogP contribution in [0.4, 0.5) is 11.4 Å². The largest absolute Gasteiger partial charge is 0.378 e. The molecule has 2 amide bonds. The number of carbonyl (C=O) groups excluding carboxylic acids is 2. The molecule has 0 aromatic heterocycles. The fourth-order valence-electron chi connectivity index (χ4n) is 4.54. The quantitative estimate of drug-likeness (QED) is 0.635. The summed E-state index contributed by atoms with van der Waals surface area (Å²) in [5, 5.41) is 5.82. The van der Waals surface area contributed by atoms with Crippen LogP contribution in [0.3, 0.4) is 0 Å². The van der Waals surface area contributed by atoms with E-state index in [1.54, 1.807) is 30.3 Å². The smallest absolute Gasteiger partial charge is 0.243 e. The monoisotopic (exact) mass is 514 g/mol. The van der Waals surface area contributed by atoms with Crippen molar-refractivity contribution in [2.24, 2.45) is 5.92 Å². The SMILES string of the molecule is O=C1CCN(S(=O)(=O)c2ccccc2)CCCC(C(=O)Nc2ccc(N3CCOCC3)cc2)CCN1. The molecule has 2 aliphatic rings. The van der Waals surface area contributed by atoms with Crippen LogP contribution < -0.4 is 15.5 Å². The minimum absolute atomic E-state index is 0.0818. The van der Waals surface area contributed by atoms with E-state index in [2.05, 4.69) is 15.5 Å². The lowest BCUT2D eigenvalue weighted by Crippen LogP contribution is -2.36. The van der Waals surface area contributed by atoms with Crippen molar-refractivity contribution in [2.75, 3.05) is 56.2 Å². The number of nitrogens with one attached hydrogen (secondary N) is 2. The number of nitrogens with zero attached hydrogens (tertiary/aromatic N) is 2. The Bertz CT molecular complexity index is 1120. The molecule has 1 unspecified atom stereocenters. The molecule has 2 aliphatic heterocycles. The molecule has 0 aliphatic carbocycles. The van der Waals surface area contributed by atoms with Crippen LogP contribution in [0, 0.1) is 5.92 Å². The van der Waals surface area contributed by atoms with Crippen molar-refractivity contribution in [1.29, 1.82) is 0 Å². The van der Waals surface area contributed by atoms with Crippen LogP contribution in [-0.2, 0) is 24.3 Å². The predicted octanol–water partition coefficient (Wildman–Crippen LogP) is 2.46. The minimum atomic E-state index is -3.72. The Morgan fingerprint density at radius 1 is 0.944 bits per heavy atom. The van der Waals surface area contributed by atoms with Crippen LogP contribution in [0.25, 0.3) is 0 Å². The molecule has 1 atom stereocenters. The van der Waals surface area contributed by atoms with Gasteiger partial charge in [0.2, 0.25) is 21.8 Å².